The van der Waals surface area contributed by atoms with Gasteiger partial charge in [-0.1, -0.05) is 18.2 Å². The Kier molecular flexibility index (Phi) is 5.41. The van der Waals surface area contributed by atoms with Crippen molar-refractivity contribution in [2.24, 2.45) is 0 Å². The highest BCUT2D eigenvalue weighted by Gasteiger charge is 2.31. The molecule has 6 heteroatoms. The van der Waals surface area contributed by atoms with Crippen molar-refractivity contribution in [1.82, 2.24) is 5.32 Å². The molecule has 1 heterocycles. The van der Waals surface area contributed by atoms with E-state index in [9.17, 15) is 9.59 Å². The van der Waals surface area contributed by atoms with Gasteiger partial charge in [-0.2, -0.15) is 0 Å². The molecule has 6 nitrogen and oxygen atoms in total. The van der Waals surface area contributed by atoms with Crippen LogP contribution in [-0.4, -0.2) is 31.1 Å². The number of para-hydroxylation sites is 1. The summed E-state index contributed by atoms with van der Waals surface area (Å²) in [5.41, 5.74) is 2.56. The number of urea groups is 1. The molecule has 2 aromatic carbocycles. The first-order chi connectivity index (χ1) is 12.6. The van der Waals surface area contributed by atoms with Crippen LogP contribution in [0.1, 0.15) is 18.9 Å². The number of nitrogens with zero attached hydrogens (tertiary/aromatic N) is 1. The Morgan fingerprint density at radius 3 is 2.62 bits per heavy atom. The van der Waals surface area contributed by atoms with E-state index in [0.29, 0.717) is 13.2 Å². The van der Waals surface area contributed by atoms with Crippen LogP contribution in [-0.2, 0) is 4.79 Å². The fraction of sp³-hybridized carbons (Fsp3) is 0.300. The Morgan fingerprint density at radius 2 is 1.92 bits per heavy atom. The van der Waals surface area contributed by atoms with Crippen molar-refractivity contribution < 1.29 is 14.3 Å². The average molecular weight is 353 g/mol. The first kappa shape index (κ1) is 17.8. The molecule has 0 unspecified atom stereocenters. The molecule has 1 fully saturated rings. The number of carbonyl (C=O) groups is 2. The van der Waals surface area contributed by atoms with E-state index < -0.39 is 0 Å². The van der Waals surface area contributed by atoms with Gasteiger partial charge in [-0.25, -0.2) is 4.79 Å². The molecule has 0 radical (unpaired) electrons. The number of anilines is 2. The third-order valence-corrected chi connectivity index (χ3v) is 4.31. The van der Waals surface area contributed by atoms with Gasteiger partial charge in [0, 0.05) is 24.3 Å². The van der Waals surface area contributed by atoms with Crippen molar-refractivity contribution in [2.75, 3.05) is 23.4 Å². The molecule has 0 bridgehead atoms. The van der Waals surface area contributed by atoms with Crippen LogP contribution < -0.4 is 20.3 Å². The Morgan fingerprint density at radius 1 is 1.19 bits per heavy atom. The van der Waals surface area contributed by atoms with Crippen molar-refractivity contribution in [3.8, 4) is 5.75 Å². The van der Waals surface area contributed by atoms with Gasteiger partial charge in [0.25, 0.3) is 0 Å². The summed E-state index contributed by atoms with van der Waals surface area (Å²) in [5, 5.41) is 5.71. The molecule has 26 heavy (non-hydrogen) atoms. The molecule has 1 saturated heterocycles. The van der Waals surface area contributed by atoms with Crippen LogP contribution in [0.4, 0.5) is 16.2 Å². The van der Waals surface area contributed by atoms with Crippen molar-refractivity contribution in [2.45, 2.75) is 26.3 Å². The summed E-state index contributed by atoms with van der Waals surface area (Å²) in [6, 6.07) is 14.5. The second-order valence-electron chi connectivity index (χ2n) is 6.25. The van der Waals surface area contributed by atoms with Gasteiger partial charge in [0.05, 0.1) is 12.6 Å². The topological polar surface area (TPSA) is 70.7 Å². The Balaban J connectivity index is 1.59. The molecule has 0 saturated carbocycles. The fourth-order valence-electron chi connectivity index (χ4n) is 3.00. The zero-order valence-electron chi connectivity index (χ0n) is 15.0. The van der Waals surface area contributed by atoms with Crippen LogP contribution in [0.25, 0.3) is 0 Å². The summed E-state index contributed by atoms with van der Waals surface area (Å²) in [4.78, 5) is 26.2. The molecule has 1 aliphatic heterocycles. The predicted molar refractivity (Wildman–Crippen MR) is 102 cm³/mol. The number of hydrogen-bond acceptors (Lipinski definition) is 3. The minimum atomic E-state index is -0.300. The summed E-state index contributed by atoms with van der Waals surface area (Å²) in [6.45, 7) is 4.91. The van der Waals surface area contributed by atoms with E-state index in [2.05, 4.69) is 10.6 Å². The van der Waals surface area contributed by atoms with Crippen LogP contribution in [0, 0.1) is 6.92 Å². The predicted octanol–water partition coefficient (Wildman–Crippen LogP) is 3.32. The molecule has 0 aliphatic carbocycles. The number of hydrogen-bond donors (Lipinski definition) is 2. The average Bonchev–Trinajstić information content (AvgIpc) is 2.98. The van der Waals surface area contributed by atoms with Gasteiger partial charge in [-0.15, -0.1) is 0 Å². The highest BCUT2D eigenvalue weighted by atomic mass is 16.5. The van der Waals surface area contributed by atoms with E-state index in [1.165, 1.54) is 0 Å². The second-order valence-corrected chi connectivity index (χ2v) is 6.25. The SMILES string of the molecule is CCOc1ccc(N2C[C@H](NC(=O)Nc3ccccc3C)CC2=O)cc1. The van der Waals surface area contributed by atoms with Crippen molar-refractivity contribution in [3.63, 3.8) is 0 Å². The number of ether oxygens (including phenoxy) is 1. The number of carbonyl (C=O) groups excluding carboxylic acids is 2. The second kappa shape index (κ2) is 7.91. The number of aryl methyl sites for hydroxylation is 1. The lowest BCUT2D eigenvalue weighted by Gasteiger charge is -2.18. The summed E-state index contributed by atoms with van der Waals surface area (Å²) in [7, 11) is 0. The molecule has 2 aromatic rings. The van der Waals surface area contributed by atoms with Gasteiger partial charge in [-0.3, -0.25) is 4.79 Å². The van der Waals surface area contributed by atoms with Crippen LogP contribution in [0.3, 0.4) is 0 Å². The van der Waals surface area contributed by atoms with Crippen LogP contribution >= 0.6 is 0 Å². The van der Waals surface area contributed by atoms with E-state index >= 15 is 0 Å². The van der Waals surface area contributed by atoms with Gasteiger partial charge in [0.1, 0.15) is 5.75 Å². The zero-order chi connectivity index (χ0) is 18.5. The lowest BCUT2D eigenvalue weighted by molar-refractivity contribution is -0.117. The largest absolute Gasteiger partial charge is 0.494 e. The van der Waals surface area contributed by atoms with Crippen molar-refractivity contribution >= 4 is 23.3 Å². The number of rotatable bonds is 5. The summed E-state index contributed by atoms with van der Waals surface area (Å²) >= 11 is 0. The molecule has 0 spiro atoms. The molecular formula is C20H23N3O3. The maximum Gasteiger partial charge on any atom is 0.319 e. The summed E-state index contributed by atoms with van der Waals surface area (Å²) in [5.74, 6) is 0.769. The number of amides is 3. The monoisotopic (exact) mass is 353 g/mol. The van der Waals surface area contributed by atoms with Crippen LogP contribution in [0.5, 0.6) is 5.75 Å². The Labute approximate surface area is 153 Å². The van der Waals surface area contributed by atoms with Crippen molar-refractivity contribution in [3.05, 3.63) is 54.1 Å². The molecular weight excluding hydrogens is 330 g/mol. The Hall–Kier alpha value is -3.02. The fourth-order valence-corrected chi connectivity index (χ4v) is 3.00. The van der Waals surface area contributed by atoms with E-state index in [4.69, 9.17) is 4.74 Å². The third-order valence-electron chi connectivity index (χ3n) is 4.31. The van der Waals surface area contributed by atoms with E-state index in [-0.39, 0.29) is 24.4 Å². The van der Waals surface area contributed by atoms with Gasteiger partial charge < -0.3 is 20.3 Å². The molecule has 136 valence electrons. The zero-order valence-corrected chi connectivity index (χ0v) is 15.0. The standard InChI is InChI=1S/C20H23N3O3/c1-3-26-17-10-8-16(9-11-17)23-13-15(12-19(23)24)21-20(25)22-18-7-5-4-6-14(18)2/h4-11,15H,3,12-13H2,1-2H3,(H2,21,22,25)/t15-/m1/s1. The summed E-state index contributed by atoms with van der Waals surface area (Å²) in [6.07, 6.45) is 0.286. The lowest BCUT2D eigenvalue weighted by Crippen LogP contribution is -2.39. The summed E-state index contributed by atoms with van der Waals surface area (Å²) < 4.78 is 5.42. The van der Waals surface area contributed by atoms with Crippen LogP contribution in [0.2, 0.25) is 0 Å². The van der Waals surface area contributed by atoms with Gasteiger partial charge in [0.2, 0.25) is 5.91 Å². The molecule has 3 rings (SSSR count). The molecule has 0 aromatic heterocycles. The number of benzene rings is 2. The first-order valence-corrected chi connectivity index (χ1v) is 8.73. The van der Waals surface area contributed by atoms with Crippen molar-refractivity contribution in [1.29, 1.82) is 0 Å². The van der Waals surface area contributed by atoms with Gasteiger partial charge >= 0.3 is 6.03 Å². The third kappa shape index (κ3) is 4.14. The normalized spacial score (nSPS) is 16.5. The maximum absolute atomic E-state index is 12.3. The molecule has 1 aliphatic rings. The minimum absolute atomic E-state index is 0.00430. The molecule has 2 N–H and O–H groups in total. The van der Waals surface area contributed by atoms with E-state index in [0.717, 1.165) is 22.7 Å². The van der Waals surface area contributed by atoms with E-state index in [1.54, 1.807) is 4.90 Å². The molecule has 1 atom stereocenters. The highest BCUT2D eigenvalue weighted by molar-refractivity contribution is 5.97. The maximum atomic E-state index is 12.3. The smallest absolute Gasteiger partial charge is 0.319 e. The van der Waals surface area contributed by atoms with Gasteiger partial charge in [0.15, 0.2) is 0 Å². The lowest BCUT2D eigenvalue weighted by atomic mass is 10.2. The first-order valence-electron chi connectivity index (χ1n) is 8.73. The van der Waals surface area contributed by atoms with E-state index in [1.807, 2.05) is 62.4 Å². The quantitative estimate of drug-likeness (QED) is 0.866. The van der Waals surface area contributed by atoms with Gasteiger partial charge in [-0.05, 0) is 49.7 Å². The highest BCUT2D eigenvalue weighted by Crippen LogP contribution is 2.24. The molecule has 3 amide bonds. The number of nitrogens with one attached hydrogen (secondary N) is 2. The Bertz CT molecular complexity index is 789. The van der Waals surface area contributed by atoms with Crippen LogP contribution in [0.15, 0.2) is 48.5 Å². The minimum Gasteiger partial charge on any atom is -0.494 e.